The van der Waals surface area contributed by atoms with Crippen molar-refractivity contribution < 1.29 is 9.59 Å². The molecule has 2 aliphatic rings. The van der Waals surface area contributed by atoms with Gasteiger partial charge in [0, 0.05) is 26.2 Å². The lowest BCUT2D eigenvalue weighted by atomic mass is 9.79. The van der Waals surface area contributed by atoms with E-state index in [4.69, 9.17) is 0 Å². The van der Waals surface area contributed by atoms with Gasteiger partial charge in [0.25, 0.3) is 0 Å². The number of nitrogens with one attached hydrogen (secondary N) is 2. The van der Waals surface area contributed by atoms with Crippen LogP contribution in [0.2, 0.25) is 0 Å². The molecule has 0 unspecified atom stereocenters. The molecule has 0 aliphatic carbocycles. The van der Waals surface area contributed by atoms with Crippen molar-refractivity contribution in [2.24, 2.45) is 5.41 Å². The molecule has 5 heteroatoms. The summed E-state index contributed by atoms with van der Waals surface area (Å²) >= 11 is 0. The fraction of sp³-hybridized carbons (Fsp3) is 0.529. The van der Waals surface area contributed by atoms with E-state index in [0.29, 0.717) is 19.6 Å². The fourth-order valence-electron chi connectivity index (χ4n) is 3.44. The van der Waals surface area contributed by atoms with Gasteiger partial charge < -0.3 is 15.5 Å². The van der Waals surface area contributed by atoms with Crippen molar-refractivity contribution >= 4 is 11.9 Å². The molecule has 0 saturated carbocycles. The Morgan fingerprint density at radius 3 is 2.86 bits per heavy atom. The third kappa shape index (κ3) is 3.08. The van der Waals surface area contributed by atoms with Crippen LogP contribution in [-0.4, -0.2) is 43.0 Å². The van der Waals surface area contributed by atoms with Gasteiger partial charge in [0.15, 0.2) is 0 Å². The van der Waals surface area contributed by atoms with Gasteiger partial charge in [0.1, 0.15) is 0 Å². The number of piperidine rings is 1. The highest BCUT2D eigenvalue weighted by Gasteiger charge is 2.46. The minimum absolute atomic E-state index is 0.0498. The summed E-state index contributed by atoms with van der Waals surface area (Å²) < 4.78 is 0. The van der Waals surface area contributed by atoms with Crippen LogP contribution in [0.4, 0.5) is 4.79 Å². The Labute approximate surface area is 131 Å². The van der Waals surface area contributed by atoms with E-state index in [2.05, 4.69) is 22.8 Å². The lowest BCUT2D eigenvalue weighted by Gasteiger charge is -2.32. The fourth-order valence-corrected chi connectivity index (χ4v) is 3.44. The molecule has 0 bridgehead atoms. The van der Waals surface area contributed by atoms with E-state index in [-0.39, 0.29) is 17.4 Å². The predicted octanol–water partition coefficient (Wildman–Crippen LogP) is 1.54. The number of carbonyl (C=O) groups excluding carboxylic acids is 2. The molecule has 2 fully saturated rings. The van der Waals surface area contributed by atoms with Crippen molar-refractivity contribution in [1.82, 2.24) is 15.5 Å². The Morgan fingerprint density at radius 1 is 1.27 bits per heavy atom. The zero-order valence-corrected chi connectivity index (χ0v) is 12.8. The van der Waals surface area contributed by atoms with E-state index < -0.39 is 0 Å². The van der Waals surface area contributed by atoms with Crippen LogP contribution in [0.25, 0.3) is 0 Å². The van der Waals surface area contributed by atoms with E-state index in [9.17, 15) is 9.59 Å². The number of nitrogens with zero attached hydrogens (tertiary/aromatic N) is 1. The number of likely N-dealkylation sites (tertiary alicyclic amines) is 1. The Morgan fingerprint density at radius 2 is 2.09 bits per heavy atom. The largest absolute Gasteiger partial charge is 0.356 e. The molecule has 5 nitrogen and oxygen atoms in total. The van der Waals surface area contributed by atoms with Gasteiger partial charge in [-0.3, -0.25) is 4.79 Å². The van der Waals surface area contributed by atoms with Gasteiger partial charge in [-0.2, -0.15) is 0 Å². The van der Waals surface area contributed by atoms with E-state index >= 15 is 0 Å². The third-order valence-electron chi connectivity index (χ3n) is 4.77. The molecule has 22 heavy (non-hydrogen) atoms. The molecular formula is C17H23N3O2. The quantitative estimate of drug-likeness (QED) is 0.889. The topological polar surface area (TPSA) is 61.4 Å². The maximum Gasteiger partial charge on any atom is 0.317 e. The van der Waals surface area contributed by atoms with Crippen LogP contribution >= 0.6 is 0 Å². The number of benzene rings is 1. The molecule has 1 aromatic carbocycles. The van der Waals surface area contributed by atoms with Gasteiger partial charge in [-0.05, 0) is 31.2 Å². The van der Waals surface area contributed by atoms with Crippen molar-refractivity contribution in [3.05, 3.63) is 35.9 Å². The Bertz CT molecular complexity index is 546. The molecule has 1 aromatic rings. The van der Waals surface area contributed by atoms with Crippen LogP contribution < -0.4 is 10.6 Å². The minimum Gasteiger partial charge on any atom is -0.356 e. The number of rotatable bonds is 3. The van der Waals surface area contributed by atoms with Crippen LogP contribution in [-0.2, 0) is 11.2 Å². The first-order chi connectivity index (χ1) is 10.7. The Balaban J connectivity index is 1.48. The Kier molecular flexibility index (Phi) is 4.32. The second kappa shape index (κ2) is 6.38. The predicted molar refractivity (Wildman–Crippen MR) is 84.4 cm³/mol. The molecule has 2 saturated heterocycles. The normalized spacial score (nSPS) is 24.4. The SMILES string of the molecule is O=C(NCCc1ccccc1)N1CC[C@@]2(CCCNC2=O)C1. The highest BCUT2D eigenvalue weighted by Crippen LogP contribution is 2.37. The maximum absolute atomic E-state index is 12.3. The second-order valence-electron chi connectivity index (χ2n) is 6.28. The standard InChI is InChI=1S/C17H23N3O2/c21-15-17(8-4-10-18-15)9-12-20(13-17)16(22)19-11-7-14-5-2-1-3-6-14/h1-3,5-6H,4,7-13H2,(H,18,21)(H,19,22)/t17-/m0/s1. The van der Waals surface area contributed by atoms with Gasteiger partial charge in [-0.25, -0.2) is 4.79 Å². The maximum atomic E-state index is 12.3. The summed E-state index contributed by atoms with van der Waals surface area (Å²) in [6, 6.07) is 10.1. The smallest absolute Gasteiger partial charge is 0.317 e. The zero-order chi connectivity index (χ0) is 15.4. The van der Waals surface area contributed by atoms with Gasteiger partial charge in [0.05, 0.1) is 5.41 Å². The molecule has 1 atom stereocenters. The summed E-state index contributed by atoms with van der Waals surface area (Å²) in [5, 5.41) is 5.91. The van der Waals surface area contributed by atoms with Crippen LogP contribution in [0.5, 0.6) is 0 Å². The number of urea groups is 1. The molecule has 2 aliphatic heterocycles. The number of carbonyl (C=O) groups is 2. The monoisotopic (exact) mass is 301 g/mol. The molecule has 2 heterocycles. The first-order valence-corrected chi connectivity index (χ1v) is 8.05. The third-order valence-corrected chi connectivity index (χ3v) is 4.77. The molecule has 3 rings (SSSR count). The number of hydrogen-bond acceptors (Lipinski definition) is 2. The number of hydrogen-bond donors (Lipinski definition) is 2. The van der Waals surface area contributed by atoms with E-state index in [1.54, 1.807) is 4.90 Å². The zero-order valence-electron chi connectivity index (χ0n) is 12.8. The second-order valence-corrected chi connectivity index (χ2v) is 6.28. The summed E-state index contributed by atoms with van der Waals surface area (Å²) in [6.45, 7) is 2.61. The van der Waals surface area contributed by atoms with Crippen LogP contribution in [0.1, 0.15) is 24.8 Å². The van der Waals surface area contributed by atoms with Gasteiger partial charge >= 0.3 is 6.03 Å². The van der Waals surface area contributed by atoms with Crippen molar-refractivity contribution in [3.8, 4) is 0 Å². The molecule has 0 radical (unpaired) electrons. The average Bonchev–Trinajstić information content (AvgIpc) is 2.97. The van der Waals surface area contributed by atoms with E-state index in [1.807, 2.05) is 18.2 Å². The highest BCUT2D eigenvalue weighted by molar-refractivity contribution is 5.85. The molecule has 3 amide bonds. The summed E-state index contributed by atoms with van der Waals surface area (Å²) in [5.74, 6) is 0.123. The van der Waals surface area contributed by atoms with Crippen molar-refractivity contribution in [2.75, 3.05) is 26.2 Å². The van der Waals surface area contributed by atoms with Crippen LogP contribution in [0, 0.1) is 5.41 Å². The lowest BCUT2D eigenvalue weighted by Crippen LogP contribution is -2.49. The molecule has 118 valence electrons. The summed E-state index contributed by atoms with van der Waals surface area (Å²) in [4.78, 5) is 26.2. The van der Waals surface area contributed by atoms with E-state index in [0.717, 1.165) is 32.2 Å². The summed E-state index contributed by atoms with van der Waals surface area (Å²) in [5.41, 5.74) is 0.877. The van der Waals surface area contributed by atoms with Crippen molar-refractivity contribution in [3.63, 3.8) is 0 Å². The van der Waals surface area contributed by atoms with Crippen LogP contribution in [0.15, 0.2) is 30.3 Å². The summed E-state index contributed by atoms with van der Waals surface area (Å²) in [6.07, 6.45) is 3.51. The first kappa shape index (κ1) is 14.9. The molecule has 1 spiro atoms. The lowest BCUT2D eigenvalue weighted by molar-refractivity contribution is -0.132. The summed E-state index contributed by atoms with van der Waals surface area (Å²) in [7, 11) is 0. The average molecular weight is 301 g/mol. The molecular weight excluding hydrogens is 278 g/mol. The van der Waals surface area contributed by atoms with Crippen molar-refractivity contribution in [1.29, 1.82) is 0 Å². The highest BCUT2D eigenvalue weighted by atomic mass is 16.2. The van der Waals surface area contributed by atoms with Gasteiger partial charge in [0.2, 0.25) is 5.91 Å². The molecule has 0 aromatic heterocycles. The van der Waals surface area contributed by atoms with Crippen molar-refractivity contribution in [2.45, 2.75) is 25.7 Å². The van der Waals surface area contributed by atoms with Crippen LogP contribution in [0.3, 0.4) is 0 Å². The van der Waals surface area contributed by atoms with Gasteiger partial charge in [-0.15, -0.1) is 0 Å². The Hall–Kier alpha value is -2.04. The minimum atomic E-state index is -0.338. The van der Waals surface area contributed by atoms with Gasteiger partial charge in [-0.1, -0.05) is 30.3 Å². The van der Waals surface area contributed by atoms with E-state index in [1.165, 1.54) is 5.56 Å². The number of amides is 3. The molecule has 2 N–H and O–H groups in total. The first-order valence-electron chi connectivity index (χ1n) is 8.05.